The first-order valence-electron chi connectivity index (χ1n) is 3.94. The third-order valence-corrected chi connectivity index (χ3v) is 1.62. The fourth-order valence-electron chi connectivity index (χ4n) is 0.878. The summed E-state index contributed by atoms with van der Waals surface area (Å²) in [4.78, 5) is 0. The van der Waals surface area contributed by atoms with E-state index in [0.29, 0.717) is 0 Å². The summed E-state index contributed by atoms with van der Waals surface area (Å²) < 4.78 is 35.1. The second kappa shape index (κ2) is 7.82. The van der Waals surface area contributed by atoms with Crippen LogP contribution in [0.25, 0.3) is 0 Å². The summed E-state index contributed by atoms with van der Waals surface area (Å²) in [5, 5.41) is 2.46. The quantitative estimate of drug-likeness (QED) is 0.579. The SMILES string of the molecule is CCC(CC)NC[B-](F)(F)F.[K+]. The van der Waals surface area contributed by atoms with Crippen molar-refractivity contribution in [3.63, 3.8) is 0 Å². The number of nitrogens with one attached hydrogen (secondary N) is 1. The number of rotatable bonds is 5. The minimum Gasteiger partial charge on any atom is -0.448 e. The molecule has 0 radical (unpaired) electrons. The molecule has 0 rings (SSSR count). The van der Waals surface area contributed by atoms with Crippen molar-refractivity contribution in [3.8, 4) is 0 Å². The van der Waals surface area contributed by atoms with E-state index in [2.05, 4.69) is 5.32 Å². The predicted molar refractivity (Wildman–Crippen MR) is 41.5 cm³/mol. The maximum Gasteiger partial charge on any atom is 1.00 e. The van der Waals surface area contributed by atoms with Crippen molar-refractivity contribution in [2.75, 3.05) is 6.44 Å². The van der Waals surface area contributed by atoms with Crippen molar-refractivity contribution < 1.29 is 64.3 Å². The maximum absolute atomic E-state index is 11.7. The zero-order valence-electron chi connectivity index (χ0n) is 7.91. The van der Waals surface area contributed by atoms with Gasteiger partial charge in [0.1, 0.15) is 0 Å². The molecule has 1 nitrogen and oxygen atoms in total. The van der Waals surface area contributed by atoms with Crippen molar-refractivity contribution in [2.45, 2.75) is 32.7 Å². The molecule has 0 saturated carbocycles. The molecule has 0 saturated heterocycles. The third-order valence-electron chi connectivity index (χ3n) is 1.62. The Labute approximate surface area is 114 Å². The van der Waals surface area contributed by atoms with Crippen LogP contribution in [0.15, 0.2) is 0 Å². The standard InChI is InChI=1S/C6H14BF3N.K/c1-3-6(4-2)11-5-7(8,9)10;/h6,11H,3-5H2,1-2H3;/q-1;+1. The van der Waals surface area contributed by atoms with E-state index in [1.807, 2.05) is 13.8 Å². The van der Waals surface area contributed by atoms with Gasteiger partial charge in [-0.05, 0) is 19.3 Å². The fourth-order valence-corrected chi connectivity index (χ4v) is 0.878. The largest absolute Gasteiger partial charge is 1.00 e. The van der Waals surface area contributed by atoms with Crippen LogP contribution in [0.3, 0.4) is 0 Å². The molecule has 0 aromatic carbocycles. The smallest absolute Gasteiger partial charge is 0.448 e. The Balaban J connectivity index is 0. The van der Waals surface area contributed by atoms with Gasteiger partial charge in [-0.2, -0.15) is 0 Å². The summed E-state index contributed by atoms with van der Waals surface area (Å²) in [6, 6.07) is 0.0125. The van der Waals surface area contributed by atoms with Gasteiger partial charge >= 0.3 is 58.4 Å². The molecule has 0 heterocycles. The average Bonchev–Trinajstić information content (AvgIpc) is 1.88. The zero-order valence-corrected chi connectivity index (χ0v) is 11.0. The van der Waals surface area contributed by atoms with Gasteiger partial charge in [0.15, 0.2) is 0 Å². The minimum atomic E-state index is -4.66. The van der Waals surface area contributed by atoms with Gasteiger partial charge in [-0.15, -0.1) is 0 Å². The van der Waals surface area contributed by atoms with Crippen LogP contribution in [-0.4, -0.2) is 19.5 Å². The van der Waals surface area contributed by atoms with E-state index in [4.69, 9.17) is 0 Å². The van der Waals surface area contributed by atoms with Crippen molar-refractivity contribution >= 4 is 6.98 Å². The first-order valence-corrected chi connectivity index (χ1v) is 3.94. The maximum atomic E-state index is 11.7. The molecule has 12 heavy (non-hydrogen) atoms. The molecule has 6 heteroatoms. The number of hydrogen-bond donors (Lipinski definition) is 1. The van der Waals surface area contributed by atoms with Crippen LogP contribution < -0.4 is 56.7 Å². The first kappa shape index (κ1) is 15.9. The van der Waals surface area contributed by atoms with Crippen molar-refractivity contribution in [3.05, 3.63) is 0 Å². The molecular weight excluding hydrogens is 193 g/mol. The molecule has 68 valence electrons. The molecule has 0 bridgehead atoms. The van der Waals surface area contributed by atoms with Gasteiger partial charge in [-0.3, -0.25) is 0 Å². The van der Waals surface area contributed by atoms with Gasteiger partial charge in [-0.1, -0.05) is 13.8 Å². The van der Waals surface area contributed by atoms with E-state index in [1.165, 1.54) is 0 Å². The van der Waals surface area contributed by atoms with Crippen LogP contribution in [0.2, 0.25) is 0 Å². The van der Waals surface area contributed by atoms with Gasteiger partial charge in [0.25, 0.3) is 0 Å². The summed E-state index contributed by atoms with van der Waals surface area (Å²) in [7, 11) is 0. The molecule has 0 fully saturated rings. The van der Waals surface area contributed by atoms with E-state index in [0.717, 1.165) is 12.8 Å². The van der Waals surface area contributed by atoms with Crippen LogP contribution in [0, 0.1) is 0 Å². The van der Waals surface area contributed by atoms with Crippen LogP contribution in [-0.2, 0) is 0 Å². The minimum absolute atomic E-state index is 0. The number of hydrogen-bond acceptors (Lipinski definition) is 1. The summed E-state index contributed by atoms with van der Waals surface area (Å²) in [5.74, 6) is 0. The zero-order chi connectivity index (χ0) is 8.91. The normalized spacial score (nSPS) is 11.5. The molecule has 0 unspecified atom stereocenters. The van der Waals surface area contributed by atoms with Crippen molar-refractivity contribution in [2.24, 2.45) is 0 Å². The monoisotopic (exact) mass is 207 g/mol. The average molecular weight is 207 g/mol. The molecule has 1 N–H and O–H groups in total. The molecule has 0 aromatic heterocycles. The Hall–Kier alpha value is 1.45. The Morgan fingerprint density at radius 1 is 1.17 bits per heavy atom. The molecule has 0 atom stereocenters. The van der Waals surface area contributed by atoms with Gasteiger partial charge < -0.3 is 18.3 Å². The summed E-state index contributed by atoms with van der Waals surface area (Å²) in [5.41, 5.74) is 0. The van der Waals surface area contributed by atoms with Gasteiger partial charge in [0.05, 0.1) is 0 Å². The van der Waals surface area contributed by atoms with Crippen LogP contribution in [0.1, 0.15) is 26.7 Å². The van der Waals surface area contributed by atoms with E-state index >= 15 is 0 Å². The third kappa shape index (κ3) is 9.54. The van der Waals surface area contributed by atoms with E-state index in [-0.39, 0.29) is 57.4 Å². The van der Waals surface area contributed by atoms with Gasteiger partial charge in [0.2, 0.25) is 0 Å². The first-order chi connectivity index (χ1) is 4.99. The van der Waals surface area contributed by atoms with Crippen LogP contribution in [0.5, 0.6) is 0 Å². The van der Waals surface area contributed by atoms with Gasteiger partial charge in [-0.25, -0.2) is 0 Å². The second-order valence-corrected chi connectivity index (χ2v) is 2.63. The van der Waals surface area contributed by atoms with E-state index < -0.39 is 13.4 Å². The predicted octanol–water partition coefficient (Wildman–Crippen LogP) is -0.845. The molecular formula is C6H14BF3KN. The fraction of sp³-hybridized carbons (Fsp3) is 1.00. The Bertz CT molecular complexity index is 105. The van der Waals surface area contributed by atoms with Crippen molar-refractivity contribution in [1.29, 1.82) is 0 Å². The Morgan fingerprint density at radius 3 is 1.83 bits per heavy atom. The summed E-state index contributed by atoms with van der Waals surface area (Å²) >= 11 is 0. The summed E-state index contributed by atoms with van der Waals surface area (Å²) in [6.45, 7) is -0.899. The number of halogens is 3. The molecule has 0 aliphatic heterocycles. The van der Waals surface area contributed by atoms with Crippen LogP contribution in [0.4, 0.5) is 12.9 Å². The molecule has 0 aliphatic carbocycles. The second-order valence-electron chi connectivity index (χ2n) is 2.63. The summed E-state index contributed by atoms with van der Waals surface area (Å²) in [6.07, 6.45) is 0.692. The molecule has 0 spiro atoms. The molecule has 0 aromatic rings. The van der Waals surface area contributed by atoms with E-state index in [9.17, 15) is 12.9 Å². The topological polar surface area (TPSA) is 12.0 Å². The van der Waals surface area contributed by atoms with E-state index in [1.54, 1.807) is 0 Å². The van der Waals surface area contributed by atoms with Gasteiger partial charge in [0, 0.05) is 6.04 Å². The molecule has 0 amide bonds. The Morgan fingerprint density at radius 2 is 1.58 bits per heavy atom. The molecule has 0 aliphatic rings. The van der Waals surface area contributed by atoms with Crippen LogP contribution >= 0.6 is 0 Å². The van der Waals surface area contributed by atoms with Crippen molar-refractivity contribution in [1.82, 2.24) is 5.32 Å². The Kier molecular flexibility index (Phi) is 10.4.